The quantitative estimate of drug-likeness (QED) is 0.746. The topological polar surface area (TPSA) is 42.1 Å². The van der Waals surface area contributed by atoms with Crippen LogP contribution in [0.4, 0.5) is 5.13 Å². The molecule has 0 bridgehead atoms. The summed E-state index contributed by atoms with van der Waals surface area (Å²) in [7, 11) is 3.93. The molecule has 0 saturated heterocycles. The minimum atomic E-state index is 0.555. The van der Waals surface area contributed by atoms with Gasteiger partial charge < -0.3 is 10.6 Å². The summed E-state index contributed by atoms with van der Waals surface area (Å²) in [5, 5.41) is 0.988. The number of allylic oxidation sites excluding steroid dienone is 1. The van der Waals surface area contributed by atoms with Gasteiger partial charge in [0, 0.05) is 30.9 Å². The van der Waals surface area contributed by atoms with E-state index in [0.29, 0.717) is 5.70 Å². The first-order valence-electron chi connectivity index (χ1n) is 3.85. The van der Waals surface area contributed by atoms with Crippen LogP contribution in [0.5, 0.6) is 0 Å². The second kappa shape index (κ2) is 4.09. The number of hydrogen-bond acceptors (Lipinski definition) is 4. The molecule has 1 rings (SSSR count). The van der Waals surface area contributed by atoms with Crippen LogP contribution in [0.25, 0.3) is 6.08 Å². The molecule has 0 spiro atoms. The molecule has 0 unspecified atom stereocenters. The highest BCUT2D eigenvalue weighted by Crippen LogP contribution is 2.21. The number of rotatable bonds is 3. The number of hydrogen-bond donors (Lipinski definition) is 1. The fourth-order valence-corrected chi connectivity index (χ4v) is 1.49. The third-order valence-electron chi connectivity index (χ3n) is 1.36. The average molecular weight is 195 g/mol. The predicted octanol–water partition coefficient (Wildman–Crippen LogP) is 1.69. The van der Waals surface area contributed by atoms with Gasteiger partial charge >= 0.3 is 0 Å². The van der Waals surface area contributed by atoms with E-state index in [1.54, 1.807) is 17.4 Å². The summed E-state index contributed by atoms with van der Waals surface area (Å²) in [6.45, 7) is 3.58. The van der Waals surface area contributed by atoms with Gasteiger partial charge in [0.05, 0.1) is 0 Å². The number of nitrogens with two attached hydrogens (primary N) is 1. The van der Waals surface area contributed by atoms with Crippen molar-refractivity contribution in [1.82, 2.24) is 4.98 Å². The smallest absolute Gasteiger partial charge is 0.185 e. The predicted molar refractivity (Wildman–Crippen MR) is 58.8 cm³/mol. The normalized spacial score (nSPS) is 10.6. The van der Waals surface area contributed by atoms with Crippen molar-refractivity contribution in [3.8, 4) is 0 Å². The van der Waals surface area contributed by atoms with Gasteiger partial charge in [-0.25, -0.2) is 4.98 Å². The van der Waals surface area contributed by atoms with Crippen molar-refractivity contribution >= 4 is 22.5 Å². The van der Waals surface area contributed by atoms with E-state index in [2.05, 4.69) is 11.6 Å². The highest BCUT2D eigenvalue weighted by molar-refractivity contribution is 7.16. The molecule has 0 saturated carbocycles. The Hall–Kier alpha value is -1.29. The first kappa shape index (κ1) is 9.80. The highest BCUT2D eigenvalue weighted by atomic mass is 32.1. The van der Waals surface area contributed by atoms with Crippen LogP contribution in [-0.4, -0.2) is 19.1 Å². The lowest BCUT2D eigenvalue weighted by Crippen LogP contribution is -2.07. The van der Waals surface area contributed by atoms with Crippen molar-refractivity contribution in [2.75, 3.05) is 19.0 Å². The van der Waals surface area contributed by atoms with Gasteiger partial charge in [-0.05, 0) is 12.2 Å². The maximum atomic E-state index is 5.40. The van der Waals surface area contributed by atoms with Gasteiger partial charge in [0.1, 0.15) is 0 Å². The van der Waals surface area contributed by atoms with Crippen molar-refractivity contribution in [2.24, 2.45) is 5.73 Å². The van der Waals surface area contributed by atoms with Crippen LogP contribution in [-0.2, 0) is 0 Å². The molecule has 0 aromatic carbocycles. The van der Waals surface area contributed by atoms with Gasteiger partial charge in [0.15, 0.2) is 5.13 Å². The molecule has 0 amide bonds. The second-order valence-electron chi connectivity index (χ2n) is 2.85. The summed E-state index contributed by atoms with van der Waals surface area (Å²) in [4.78, 5) is 7.27. The summed E-state index contributed by atoms with van der Waals surface area (Å²) in [6, 6.07) is 0. The Kier molecular flexibility index (Phi) is 3.08. The van der Waals surface area contributed by atoms with Crippen LogP contribution in [0.2, 0.25) is 0 Å². The summed E-state index contributed by atoms with van der Waals surface area (Å²) in [6.07, 6.45) is 5.50. The molecule has 0 aliphatic carbocycles. The van der Waals surface area contributed by atoms with Crippen LogP contribution in [0.1, 0.15) is 4.88 Å². The fraction of sp³-hybridized carbons (Fsp3) is 0.222. The Labute approximate surface area is 82.2 Å². The minimum Gasteiger partial charge on any atom is -0.399 e. The molecule has 1 aromatic heterocycles. The van der Waals surface area contributed by atoms with E-state index in [1.807, 2.05) is 31.3 Å². The fourth-order valence-electron chi connectivity index (χ4n) is 0.750. The summed E-state index contributed by atoms with van der Waals surface area (Å²) >= 11 is 1.61. The second-order valence-corrected chi connectivity index (χ2v) is 3.89. The number of aromatic nitrogens is 1. The van der Waals surface area contributed by atoms with Gasteiger partial charge in [-0.2, -0.15) is 0 Å². The molecule has 4 heteroatoms. The minimum absolute atomic E-state index is 0.555. The lowest BCUT2D eigenvalue weighted by atomic mass is 10.4. The lowest BCUT2D eigenvalue weighted by molar-refractivity contribution is 1.10. The van der Waals surface area contributed by atoms with Crippen LogP contribution in [0, 0.1) is 0 Å². The molecule has 13 heavy (non-hydrogen) atoms. The molecule has 1 aromatic rings. The molecular formula is C9H13N3S. The maximum absolute atomic E-state index is 5.40. The average Bonchev–Trinajstić information content (AvgIpc) is 2.48. The van der Waals surface area contributed by atoms with E-state index in [1.165, 1.54) is 0 Å². The molecule has 0 fully saturated rings. The molecular weight excluding hydrogens is 182 g/mol. The Bertz CT molecular complexity index is 325. The van der Waals surface area contributed by atoms with Gasteiger partial charge in [-0.1, -0.05) is 17.9 Å². The van der Waals surface area contributed by atoms with Crippen molar-refractivity contribution < 1.29 is 0 Å². The van der Waals surface area contributed by atoms with Crippen LogP contribution >= 0.6 is 11.3 Å². The molecule has 1 heterocycles. The standard InChI is InChI=1S/C9H13N3S/c1-7(10)4-5-8-6-11-9(13-8)12(2)3/h4-6H,1,10H2,2-3H3/b5-4+. The van der Waals surface area contributed by atoms with Gasteiger partial charge in [-0.3, -0.25) is 0 Å². The highest BCUT2D eigenvalue weighted by Gasteiger charge is 1.99. The maximum Gasteiger partial charge on any atom is 0.185 e. The first-order valence-corrected chi connectivity index (χ1v) is 4.67. The van der Waals surface area contributed by atoms with Crippen LogP contribution in [0.15, 0.2) is 24.5 Å². The van der Waals surface area contributed by atoms with Gasteiger partial charge in [0.25, 0.3) is 0 Å². The first-order chi connectivity index (χ1) is 6.09. The molecule has 0 aliphatic heterocycles. The SMILES string of the molecule is C=C(N)/C=C/c1cnc(N(C)C)s1. The largest absolute Gasteiger partial charge is 0.399 e. The summed E-state index contributed by atoms with van der Waals surface area (Å²) in [5.74, 6) is 0. The van der Waals surface area contributed by atoms with Crippen LogP contribution < -0.4 is 10.6 Å². The van der Waals surface area contributed by atoms with Gasteiger partial charge in [-0.15, -0.1) is 0 Å². The number of nitrogens with zero attached hydrogens (tertiary/aromatic N) is 2. The summed E-state index contributed by atoms with van der Waals surface area (Å²) in [5.41, 5.74) is 5.95. The molecule has 0 atom stereocenters. The van der Waals surface area contributed by atoms with Crippen molar-refractivity contribution in [2.45, 2.75) is 0 Å². The number of anilines is 1. The third kappa shape index (κ3) is 2.91. The van der Waals surface area contributed by atoms with E-state index < -0.39 is 0 Å². The van der Waals surface area contributed by atoms with Crippen molar-refractivity contribution in [1.29, 1.82) is 0 Å². The Balaban J connectivity index is 2.75. The van der Waals surface area contributed by atoms with Crippen LogP contribution in [0.3, 0.4) is 0 Å². The molecule has 0 radical (unpaired) electrons. The van der Waals surface area contributed by atoms with E-state index in [-0.39, 0.29) is 0 Å². The van der Waals surface area contributed by atoms with E-state index in [4.69, 9.17) is 5.73 Å². The zero-order chi connectivity index (χ0) is 9.84. The lowest BCUT2D eigenvalue weighted by Gasteiger charge is -2.04. The van der Waals surface area contributed by atoms with E-state index in [9.17, 15) is 0 Å². The molecule has 3 nitrogen and oxygen atoms in total. The monoisotopic (exact) mass is 195 g/mol. The summed E-state index contributed by atoms with van der Waals surface area (Å²) < 4.78 is 0. The Morgan fingerprint density at radius 1 is 1.69 bits per heavy atom. The van der Waals surface area contributed by atoms with Gasteiger partial charge in [0.2, 0.25) is 0 Å². The molecule has 70 valence electrons. The van der Waals surface area contributed by atoms with Crippen molar-refractivity contribution in [3.05, 3.63) is 29.4 Å². The van der Waals surface area contributed by atoms with Crippen molar-refractivity contribution in [3.63, 3.8) is 0 Å². The Morgan fingerprint density at radius 2 is 2.38 bits per heavy atom. The number of thiazole rings is 1. The van der Waals surface area contributed by atoms with E-state index in [0.717, 1.165) is 10.0 Å². The molecule has 0 aliphatic rings. The Morgan fingerprint density at radius 3 is 2.85 bits per heavy atom. The van der Waals surface area contributed by atoms with E-state index >= 15 is 0 Å². The molecule has 2 N–H and O–H groups in total. The zero-order valence-corrected chi connectivity index (χ0v) is 8.64. The third-order valence-corrected chi connectivity index (χ3v) is 2.49. The zero-order valence-electron chi connectivity index (χ0n) is 7.82.